The highest BCUT2D eigenvalue weighted by atomic mass is 19.4. The predicted molar refractivity (Wildman–Crippen MR) is 105 cm³/mol. The molecule has 1 saturated carbocycles. The number of nitrogens with two attached hydrogens (primary N) is 1. The summed E-state index contributed by atoms with van der Waals surface area (Å²) in [5.41, 5.74) is 6.94. The van der Waals surface area contributed by atoms with E-state index in [1.807, 2.05) is 37.3 Å². The summed E-state index contributed by atoms with van der Waals surface area (Å²) in [6, 6.07) is 11.8. The molecule has 1 aliphatic carbocycles. The van der Waals surface area contributed by atoms with Crippen molar-refractivity contribution in [3.05, 3.63) is 59.5 Å². The van der Waals surface area contributed by atoms with Crippen molar-refractivity contribution < 1.29 is 37.4 Å². The number of rotatable bonds is 6. The maximum atomic E-state index is 12.9. The molecule has 31 heavy (non-hydrogen) atoms. The molecular weight excluding hydrogens is 417 g/mol. The fraction of sp³-hybridized carbons (Fsp3) is 0.429. The molecule has 0 atom stereocenters. The first-order valence-electron chi connectivity index (χ1n) is 9.53. The number of halogens is 3. The molecule has 0 bridgehead atoms. The van der Waals surface area contributed by atoms with Gasteiger partial charge in [0.1, 0.15) is 5.76 Å². The van der Waals surface area contributed by atoms with E-state index in [0.717, 1.165) is 11.3 Å². The highest BCUT2D eigenvalue weighted by Crippen LogP contribution is 2.38. The van der Waals surface area contributed by atoms with Crippen LogP contribution in [0.2, 0.25) is 0 Å². The maximum absolute atomic E-state index is 12.9. The second kappa shape index (κ2) is 9.97. The number of hydrogen-bond acceptors (Lipinski definition) is 5. The van der Waals surface area contributed by atoms with Crippen molar-refractivity contribution in [2.45, 2.75) is 44.6 Å². The van der Waals surface area contributed by atoms with Crippen LogP contribution in [0, 0.1) is 12.8 Å². The Kier molecular flexibility index (Phi) is 7.85. The normalized spacial score (nSPS) is 20.3. The van der Waals surface area contributed by atoms with Crippen molar-refractivity contribution in [1.82, 2.24) is 4.90 Å². The van der Waals surface area contributed by atoms with Crippen molar-refractivity contribution in [3.8, 4) is 0 Å². The number of carboxylic acid groups (broad SMARTS) is 1. The van der Waals surface area contributed by atoms with Gasteiger partial charge in [-0.3, -0.25) is 4.79 Å². The van der Waals surface area contributed by atoms with Gasteiger partial charge in [0, 0.05) is 19.0 Å². The number of amides is 1. The summed E-state index contributed by atoms with van der Waals surface area (Å²) in [4.78, 5) is 23.6. The third kappa shape index (κ3) is 7.11. The third-order valence-corrected chi connectivity index (χ3v) is 4.92. The van der Waals surface area contributed by atoms with Crippen LogP contribution >= 0.6 is 0 Å². The van der Waals surface area contributed by atoms with E-state index in [9.17, 15) is 23.1 Å². The smallest absolute Gasteiger partial charge is 0.475 e. The summed E-state index contributed by atoms with van der Waals surface area (Å²) in [6.45, 7) is 3.19. The van der Waals surface area contributed by atoms with Gasteiger partial charge in [-0.1, -0.05) is 29.8 Å². The summed E-state index contributed by atoms with van der Waals surface area (Å²) in [7, 11) is 0. The predicted octanol–water partition coefficient (Wildman–Crippen LogP) is 2.85. The summed E-state index contributed by atoms with van der Waals surface area (Å²) >= 11 is 0. The Morgan fingerprint density at radius 1 is 1.23 bits per heavy atom. The Bertz CT molecular complexity index is 877. The fourth-order valence-electron chi connectivity index (χ4n) is 3.29. The van der Waals surface area contributed by atoms with Crippen molar-refractivity contribution in [2.75, 3.05) is 6.54 Å². The summed E-state index contributed by atoms with van der Waals surface area (Å²) in [6.07, 6.45) is -2.60. The zero-order chi connectivity index (χ0) is 23.2. The van der Waals surface area contributed by atoms with Gasteiger partial charge in [0.25, 0.3) is 0 Å². The number of aliphatic hydroxyl groups is 1. The van der Waals surface area contributed by atoms with E-state index in [1.54, 1.807) is 11.2 Å². The van der Waals surface area contributed by atoms with Gasteiger partial charge in [-0.2, -0.15) is 13.2 Å². The molecule has 1 aromatic heterocycles. The molecule has 10 heteroatoms. The molecule has 1 aliphatic rings. The first kappa shape index (κ1) is 24.4. The summed E-state index contributed by atoms with van der Waals surface area (Å²) < 4.78 is 37.1. The minimum absolute atomic E-state index is 0.0473. The number of alkyl halides is 3. The molecule has 170 valence electrons. The van der Waals surface area contributed by atoms with E-state index >= 15 is 0 Å². The fourth-order valence-corrected chi connectivity index (χ4v) is 3.29. The molecule has 0 spiro atoms. The average molecular weight is 442 g/mol. The number of aryl methyl sites for hydroxylation is 1. The Balaban J connectivity index is 0.000000423. The van der Waals surface area contributed by atoms with Crippen LogP contribution in [0.15, 0.2) is 47.1 Å². The molecule has 0 unspecified atom stereocenters. The number of nitrogens with zero attached hydrogens (tertiary/aromatic N) is 1. The van der Waals surface area contributed by atoms with E-state index < -0.39 is 17.7 Å². The lowest BCUT2D eigenvalue weighted by Crippen LogP contribution is -2.54. The average Bonchev–Trinajstić information content (AvgIpc) is 3.17. The molecule has 2 aromatic rings. The SMILES string of the molecule is Cc1cccc(CN(Cc2ccco2)C(=O)C2CC(O)(CN)C2)c1.O=C(O)C(F)(F)F. The molecular formula is C21H25F3N2O5. The van der Waals surface area contributed by atoms with Crippen LogP contribution in [0.1, 0.15) is 29.7 Å². The number of carboxylic acids is 1. The van der Waals surface area contributed by atoms with Gasteiger partial charge in [0.05, 0.1) is 18.4 Å². The van der Waals surface area contributed by atoms with E-state index in [1.165, 1.54) is 5.56 Å². The van der Waals surface area contributed by atoms with E-state index in [2.05, 4.69) is 6.07 Å². The number of furan rings is 1. The van der Waals surface area contributed by atoms with Crippen molar-refractivity contribution in [3.63, 3.8) is 0 Å². The molecule has 4 N–H and O–H groups in total. The Morgan fingerprint density at radius 2 is 1.87 bits per heavy atom. The van der Waals surface area contributed by atoms with Crippen LogP contribution in [-0.4, -0.2) is 45.3 Å². The number of aliphatic carboxylic acids is 1. The number of benzene rings is 1. The van der Waals surface area contributed by atoms with Gasteiger partial charge in [-0.25, -0.2) is 4.79 Å². The monoisotopic (exact) mass is 442 g/mol. The van der Waals surface area contributed by atoms with Crippen LogP contribution in [-0.2, 0) is 22.7 Å². The van der Waals surface area contributed by atoms with Crippen LogP contribution < -0.4 is 5.73 Å². The molecule has 3 rings (SSSR count). The lowest BCUT2D eigenvalue weighted by molar-refractivity contribution is -0.192. The van der Waals surface area contributed by atoms with Gasteiger partial charge in [0.15, 0.2) is 0 Å². The lowest BCUT2D eigenvalue weighted by Gasteiger charge is -2.43. The van der Waals surface area contributed by atoms with Crippen LogP contribution in [0.3, 0.4) is 0 Å². The second-order valence-corrected chi connectivity index (χ2v) is 7.60. The standard InChI is InChI=1S/C19H24N2O3.C2HF3O2/c1-14-4-2-5-15(8-14)11-21(12-17-6-3-7-24-17)18(22)16-9-19(23,10-16)13-20;3-2(4,5)1(6)7/h2-8,16,23H,9-13,20H2,1H3;(H,6,7). The largest absolute Gasteiger partial charge is 0.490 e. The van der Waals surface area contributed by atoms with Gasteiger partial charge in [-0.15, -0.1) is 0 Å². The minimum Gasteiger partial charge on any atom is -0.475 e. The zero-order valence-corrected chi connectivity index (χ0v) is 16.9. The van der Waals surface area contributed by atoms with Crippen molar-refractivity contribution in [2.24, 2.45) is 11.7 Å². The number of hydrogen-bond donors (Lipinski definition) is 3. The van der Waals surface area contributed by atoms with Crippen LogP contribution in [0.5, 0.6) is 0 Å². The third-order valence-electron chi connectivity index (χ3n) is 4.92. The van der Waals surface area contributed by atoms with Crippen molar-refractivity contribution >= 4 is 11.9 Å². The maximum Gasteiger partial charge on any atom is 0.490 e. The van der Waals surface area contributed by atoms with Crippen LogP contribution in [0.25, 0.3) is 0 Å². The highest BCUT2D eigenvalue weighted by molar-refractivity contribution is 5.80. The quantitative estimate of drug-likeness (QED) is 0.633. The molecule has 0 saturated heterocycles. The molecule has 1 aromatic carbocycles. The molecule has 0 radical (unpaired) electrons. The van der Waals surface area contributed by atoms with E-state index in [4.69, 9.17) is 20.1 Å². The lowest BCUT2D eigenvalue weighted by atomic mass is 9.70. The van der Waals surface area contributed by atoms with E-state index in [0.29, 0.717) is 25.9 Å². The molecule has 0 aliphatic heterocycles. The van der Waals surface area contributed by atoms with Crippen molar-refractivity contribution in [1.29, 1.82) is 0 Å². The number of carbonyl (C=O) groups is 2. The Labute approximate surface area is 177 Å². The first-order valence-corrected chi connectivity index (χ1v) is 9.53. The van der Waals surface area contributed by atoms with Gasteiger partial charge in [-0.05, 0) is 37.5 Å². The molecule has 1 heterocycles. The summed E-state index contributed by atoms with van der Waals surface area (Å²) in [5.74, 6) is -2.12. The zero-order valence-electron chi connectivity index (χ0n) is 16.9. The molecule has 7 nitrogen and oxygen atoms in total. The highest BCUT2D eigenvalue weighted by Gasteiger charge is 2.46. The first-order chi connectivity index (χ1) is 14.4. The minimum atomic E-state index is -5.08. The van der Waals surface area contributed by atoms with Crippen LogP contribution in [0.4, 0.5) is 13.2 Å². The Morgan fingerprint density at radius 3 is 2.35 bits per heavy atom. The Hall–Kier alpha value is -2.85. The topological polar surface area (TPSA) is 117 Å². The molecule has 1 amide bonds. The van der Waals surface area contributed by atoms with E-state index in [-0.39, 0.29) is 18.4 Å². The van der Waals surface area contributed by atoms with Gasteiger partial charge < -0.3 is 25.3 Å². The second-order valence-electron chi connectivity index (χ2n) is 7.60. The number of carbonyl (C=O) groups excluding carboxylic acids is 1. The molecule has 1 fully saturated rings. The van der Waals surface area contributed by atoms with Gasteiger partial charge >= 0.3 is 12.1 Å². The van der Waals surface area contributed by atoms with Gasteiger partial charge in [0.2, 0.25) is 5.91 Å². The summed E-state index contributed by atoms with van der Waals surface area (Å²) in [5, 5.41) is 17.2.